The van der Waals surface area contributed by atoms with Gasteiger partial charge in [0.15, 0.2) is 17.3 Å². The zero-order valence-corrected chi connectivity index (χ0v) is 20.1. The van der Waals surface area contributed by atoms with Gasteiger partial charge in [0.25, 0.3) is 0 Å². The molecular weight excluding hydrogens is 456 g/mol. The smallest absolute Gasteiger partial charge is 0.410 e. The van der Waals surface area contributed by atoms with Crippen LogP contribution >= 0.6 is 11.3 Å². The van der Waals surface area contributed by atoms with Crippen LogP contribution in [-0.4, -0.2) is 44.7 Å². The molecule has 2 aromatic carbocycles. The third-order valence-corrected chi connectivity index (χ3v) is 6.75. The molecule has 1 aliphatic rings. The quantitative estimate of drug-likeness (QED) is 0.502. The summed E-state index contributed by atoms with van der Waals surface area (Å²) < 4.78 is 21.6. The molecule has 0 saturated heterocycles. The molecular formula is C25H26N2O6S. The molecule has 1 aliphatic heterocycles. The van der Waals surface area contributed by atoms with E-state index in [0.717, 1.165) is 16.0 Å². The van der Waals surface area contributed by atoms with Crippen LogP contribution in [0.3, 0.4) is 0 Å². The Morgan fingerprint density at radius 2 is 1.71 bits per heavy atom. The van der Waals surface area contributed by atoms with E-state index in [4.69, 9.17) is 24.7 Å². The van der Waals surface area contributed by atoms with Gasteiger partial charge in [0.1, 0.15) is 6.61 Å². The molecule has 0 fully saturated rings. The third kappa shape index (κ3) is 4.51. The number of carbonyl (C=O) groups excluding carboxylic acids is 2. The van der Waals surface area contributed by atoms with Crippen molar-refractivity contribution >= 4 is 28.2 Å². The summed E-state index contributed by atoms with van der Waals surface area (Å²) in [6, 6.07) is 12.8. The van der Waals surface area contributed by atoms with Crippen molar-refractivity contribution in [3.05, 3.63) is 69.6 Å². The highest BCUT2D eigenvalue weighted by Crippen LogP contribution is 2.41. The topological polar surface area (TPSA) is 100 Å². The van der Waals surface area contributed by atoms with Crippen LogP contribution < -0.4 is 19.9 Å². The first-order valence-electron chi connectivity index (χ1n) is 10.7. The van der Waals surface area contributed by atoms with E-state index in [1.165, 1.54) is 32.7 Å². The minimum absolute atomic E-state index is 0.209. The number of hydrogen-bond acceptors (Lipinski definition) is 8. The van der Waals surface area contributed by atoms with Gasteiger partial charge in [0, 0.05) is 17.0 Å². The number of carbonyl (C=O) groups is 2. The molecule has 9 heteroatoms. The number of nitrogen functional groups attached to an aromatic ring is 1. The van der Waals surface area contributed by atoms with E-state index in [0.29, 0.717) is 52.9 Å². The van der Waals surface area contributed by atoms with E-state index >= 15 is 0 Å². The van der Waals surface area contributed by atoms with Crippen molar-refractivity contribution in [1.82, 2.24) is 4.90 Å². The number of amides is 1. The van der Waals surface area contributed by atoms with Crippen molar-refractivity contribution < 1.29 is 28.5 Å². The summed E-state index contributed by atoms with van der Waals surface area (Å²) in [5.74, 6) is 0.960. The molecule has 0 aliphatic carbocycles. The minimum atomic E-state index is -0.390. The van der Waals surface area contributed by atoms with E-state index < -0.39 is 0 Å². The van der Waals surface area contributed by atoms with E-state index in [-0.39, 0.29) is 18.5 Å². The van der Waals surface area contributed by atoms with Gasteiger partial charge in [-0.05, 0) is 29.7 Å². The zero-order valence-electron chi connectivity index (χ0n) is 19.3. The Morgan fingerprint density at radius 3 is 2.32 bits per heavy atom. The van der Waals surface area contributed by atoms with Crippen LogP contribution in [0.2, 0.25) is 0 Å². The van der Waals surface area contributed by atoms with Gasteiger partial charge in [-0.15, -0.1) is 11.3 Å². The molecule has 1 amide bonds. The predicted molar refractivity (Wildman–Crippen MR) is 129 cm³/mol. The lowest BCUT2D eigenvalue weighted by Crippen LogP contribution is -2.36. The summed E-state index contributed by atoms with van der Waals surface area (Å²) in [6.45, 7) is 0.993. The van der Waals surface area contributed by atoms with E-state index in [9.17, 15) is 9.59 Å². The van der Waals surface area contributed by atoms with Gasteiger partial charge in [-0.25, -0.2) is 4.79 Å². The molecule has 0 atom stereocenters. The van der Waals surface area contributed by atoms with Crippen LogP contribution in [0.25, 0.3) is 0 Å². The number of anilines is 1. The third-order valence-electron chi connectivity index (χ3n) is 5.70. The van der Waals surface area contributed by atoms with Gasteiger partial charge in [-0.2, -0.15) is 0 Å². The Labute approximate surface area is 201 Å². The first-order valence-corrected chi connectivity index (χ1v) is 11.5. The highest BCUT2D eigenvalue weighted by molar-refractivity contribution is 7.16. The number of ether oxygens (including phenoxy) is 4. The average Bonchev–Trinajstić information content (AvgIpc) is 3.21. The lowest BCUT2D eigenvalue weighted by atomic mass is 9.96. The Hall–Kier alpha value is -3.72. The Kier molecular flexibility index (Phi) is 6.93. The maximum absolute atomic E-state index is 13.5. The zero-order chi connectivity index (χ0) is 24.2. The lowest BCUT2D eigenvalue weighted by Gasteiger charge is -2.26. The summed E-state index contributed by atoms with van der Waals surface area (Å²) in [4.78, 5) is 28.6. The number of nitrogens with two attached hydrogens (primary N) is 1. The van der Waals surface area contributed by atoms with Crippen molar-refractivity contribution in [3.8, 4) is 17.2 Å². The molecule has 178 valence electrons. The van der Waals surface area contributed by atoms with Gasteiger partial charge >= 0.3 is 6.09 Å². The summed E-state index contributed by atoms with van der Waals surface area (Å²) in [7, 11) is 4.50. The van der Waals surface area contributed by atoms with Crippen molar-refractivity contribution in [3.63, 3.8) is 0 Å². The molecule has 4 rings (SSSR count). The van der Waals surface area contributed by atoms with Crippen LogP contribution in [0.4, 0.5) is 9.80 Å². The van der Waals surface area contributed by atoms with Gasteiger partial charge in [-0.3, -0.25) is 4.79 Å². The highest BCUT2D eigenvalue weighted by Gasteiger charge is 2.30. The monoisotopic (exact) mass is 482 g/mol. The van der Waals surface area contributed by atoms with Gasteiger partial charge < -0.3 is 29.6 Å². The molecule has 0 spiro atoms. The second-order valence-electron chi connectivity index (χ2n) is 7.70. The maximum Gasteiger partial charge on any atom is 0.410 e. The molecule has 8 nitrogen and oxygen atoms in total. The van der Waals surface area contributed by atoms with Gasteiger partial charge in [0.2, 0.25) is 5.75 Å². The standard InChI is InChI=1S/C25H26N2O6S/c1-30-18-11-16(12-19(31-2)23(18)32-3)22(28)21-17-9-10-27(13-20(17)34-24(21)26)25(29)33-14-15-7-5-4-6-8-15/h4-8,11-12H,9-10,13-14,26H2,1-3H3. The number of thiophene rings is 1. The normalized spacial score (nSPS) is 12.6. The van der Waals surface area contributed by atoms with Gasteiger partial charge in [-0.1, -0.05) is 30.3 Å². The number of fused-ring (bicyclic) bond motifs is 1. The maximum atomic E-state index is 13.5. The summed E-state index contributed by atoms with van der Waals surface area (Å²) in [6.07, 6.45) is 0.119. The number of nitrogens with zero attached hydrogens (tertiary/aromatic N) is 1. The number of ketones is 1. The number of benzene rings is 2. The van der Waals surface area contributed by atoms with E-state index in [1.54, 1.807) is 17.0 Å². The number of hydrogen-bond donors (Lipinski definition) is 1. The van der Waals surface area contributed by atoms with Crippen LogP contribution in [0.15, 0.2) is 42.5 Å². The SMILES string of the molecule is COc1cc(C(=O)c2c(N)sc3c2CCN(C(=O)OCc2ccccc2)C3)cc(OC)c1OC. The Balaban J connectivity index is 1.54. The highest BCUT2D eigenvalue weighted by atomic mass is 32.1. The molecule has 2 heterocycles. The van der Waals surface area contributed by atoms with E-state index in [2.05, 4.69) is 0 Å². The van der Waals surface area contributed by atoms with Crippen LogP contribution in [0.5, 0.6) is 17.2 Å². The van der Waals surface area contributed by atoms with Crippen LogP contribution in [0, 0.1) is 0 Å². The molecule has 0 unspecified atom stereocenters. The minimum Gasteiger partial charge on any atom is -0.493 e. The first kappa shape index (κ1) is 23.4. The van der Waals surface area contributed by atoms with Crippen LogP contribution in [-0.2, 0) is 24.3 Å². The fourth-order valence-corrected chi connectivity index (χ4v) is 5.13. The Morgan fingerprint density at radius 1 is 1.03 bits per heavy atom. The lowest BCUT2D eigenvalue weighted by molar-refractivity contribution is 0.0923. The number of methoxy groups -OCH3 is 3. The van der Waals surface area contributed by atoms with Gasteiger partial charge in [0.05, 0.1) is 38.4 Å². The fraction of sp³-hybridized carbons (Fsp3) is 0.280. The first-order chi connectivity index (χ1) is 16.5. The molecule has 0 radical (unpaired) electrons. The van der Waals surface area contributed by atoms with Crippen molar-refractivity contribution in [2.75, 3.05) is 33.6 Å². The van der Waals surface area contributed by atoms with Crippen molar-refractivity contribution in [2.24, 2.45) is 0 Å². The second-order valence-corrected chi connectivity index (χ2v) is 8.83. The average molecular weight is 483 g/mol. The summed E-state index contributed by atoms with van der Waals surface area (Å²) >= 11 is 1.32. The van der Waals surface area contributed by atoms with Crippen LogP contribution in [0.1, 0.15) is 31.9 Å². The fourth-order valence-electron chi connectivity index (χ4n) is 4.00. The summed E-state index contributed by atoms with van der Waals surface area (Å²) in [5.41, 5.74) is 8.93. The van der Waals surface area contributed by atoms with Crippen molar-refractivity contribution in [2.45, 2.75) is 19.6 Å². The molecule has 1 aromatic heterocycles. The molecule has 2 N–H and O–H groups in total. The number of rotatable bonds is 7. The predicted octanol–water partition coefficient (Wildman–Crippen LogP) is 4.28. The van der Waals surface area contributed by atoms with Crippen molar-refractivity contribution in [1.29, 1.82) is 0 Å². The largest absolute Gasteiger partial charge is 0.493 e. The molecule has 0 saturated carbocycles. The molecule has 34 heavy (non-hydrogen) atoms. The molecule has 0 bridgehead atoms. The van der Waals surface area contributed by atoms with E-state index in [1.807, 2.05) is 30.3 Å². The second kappa shape index (κ2) is 10.0. The summed E-state index contributed by atoms with van der Waals surface area (Å²) in [5, 5.41) is 0.420. The Bertz CT molecular complexity index is 1180. The molecule has 3 aromatic rings.